The molecule has 1 saturated carbocycles. The van der Waals surface area contributed by atoms with Crippen LogP contribution in [0.15, 0.2) is 24.3 Å². The smallest absolute Gasteiger partial charge is 0.223 e. The van der Waals surface area contributed by atoms with Gasteiger partial charge in [-0.2, -0.15) is 0 Å². The second-order valence-electron chi connectivity index (χ2n) is 5.48. The van der Waals surface area contributed by atoms with Gasteiger partial charge in [0.05, 0.1) is 17.6 Å². The molecule has 0 saturated heterocycles. The minimum atomic E-state index is 0.189. The molecule has 0 unspecified atom stereocenters. The molecule has 112 valence electrons. The fourth-order valence-electron chi connectivity index (χ4n) is 2.54. The number of para-hydroxylation sites is 2. The van der Waals surface area contributed by atoms with Crippen LogP contribution in [0.2, 0.25) is 0 Å². The van der Waals surface area contributed by atoms with Crippen molar-refractivity contribution in [2.45, 2.75) is 25.8 Å². The summed E-state index contributed by atoms with van der Waals surface area (Å²) in [5, 5.41) is 3.00. The molecule has 0 atom stereocenters. The number of benzene rings is 1. The lowest BCUT2D eigenvalue weighted by Gasteiger charge is -2.09. The number of hydrogen-bond donors (Lipinski definition) is 1. The molecule has 0 bridgehead atoms. The van der Waals surface area contributed by atoms with E-state index in [0.717, 1.165) is 42.7 Å². The van der Waals surface area contributed by atoms with Crippen LogP contribution < -0.4 is 5.32 Å². The Balaban J connectivity index is 1.71. The van der Waals surface area contributed by atoms with Gasteiger partial charge in [0.25, 0.3) is 0 Å². The lowest BCUT2D eigenvalue weighted by Crippen LogP contribution is -2.27. The molecule has 1 N–H and O–H groups in total. The third-order valence-corrected chi connectivity index (χ3v) is 3.85. The van der Waals surface area contributed by atoms with E-state index in [1.807, 2.05) is 18.2 Å². The predicted octanol–water partition coefficient (Wildman–Crippen LogP) is 1.75. The Kier molecular flexibility index (Phi) is 4.20. The average Bonchev–Trinajstić information content (AvgIpc) is 3.28. The summed E-state index contributed by atoms with van der Waals surface area (Å²) >= 11 is 0. The average molecular weight is 287 g/mol. The Hall–Kier alpha value is -1.88. The molecular weight excluding hydrogens is 266 g/mol. The molecule has 1 aromatic carbocycles. The molecule has 1 fully saturated rings. The molecule has 21 heavy (non-hydrogen) atoms. The van der Waals surface area contributed by atoms with Crippen LogP contribution in [0.4, 0.5) is 0 Å². The van der Waals surface area contributed by atoms with Gasteiger partial charge in [-0.1, -0.05) is 12.1 Å². The molecule has 0 aliphatic heterocycles. The van der Waals surface area contributed by atoms with Gasteiger partial charge in [-0.05, 0) is 25.0 Å². The third kappa shape index (κ3) is 3.24. The van der Waals surface area contributed by atoms with Crippen LogP contribution in [0.5, 0.6) is 0 Å². The van der Waals surface area contributed by atoms with E-state index < -0.39 is 0 Å². The normalized spacial score (nSPS) is 14.5. The highest BCUT2D eigenvalue weighted by molar-refractivity contribution is 5.80. The highest BCUT2D eigenvalue weighted by Crippen LogP contribution is 2.28. The van der Waals surface area contributed by atoms with Crippen LogP contribution in [-0.4, -0.2) is 35.7 Å². The Morgan fingerprint density at radius 3 is 3.00 bits per heavy atom. The topological polar surface area (TPSA) is 56.1 Å². The van der Waals surface area contributed by atoms with Crippen LogP contribution in [0.3, 0.4) is 0 Å². The Labute approximate surface area is 124 Å². The number of hydrogen-bond acceptors (Lipinski definition) is 3. The predicted molar refractivity (Wildman–Crippen MR) is 81.0 cm³/mol. The van der Waals surface area contributed by atoms with Crippen LogP contribution >= 0.6 is 0 Å². The van der Waals surface area contributed by atoms with Gasteiger partial charge in [0.1, 0.15) is 5.82 Å². The molecular formula is C16H21N3O2. The number of methoxy groups -OCH3 is 1. The molecule has 5 heteroatoms. The number of amides is 1. The second-order valence-corrected chi connectivity index (χ2v) is 5.48. The minimum Gasteiger partial charge on any atom is -0.383 e. The SMILES string of the molecule is COCCn1c(CCNC(=O)C2CC2)nc2ccccc21. The maximum absolute atomic E-state index is 11.7. The summed E-state index contributed by atoms with van der Waals surface area (Å²) in [6, 6.07) is 8.11. The summed E-state index contributed by atoms with van der Waals surface area (Å²) in [6.45, 7) is 2.08. The maximum atomic E-state index is 11.7. The summed E-state index contributed by atoms with van der Waals surface area (Å²) in [5.41, 5.74) is 2.12. The standard InChI is InChI=1S/C16H21N3O2/c1-21-11-10-19-14-5-3-2-4-13(14)18-15(19)8-9-17-16(20)12-6-7-12/h2-5,12H,6-11H2,1H3,(H,17,20). The van der Waals surface area contributed by atoms with Crippen LogP contribution in [-0.2, 0) is 22.5 Å². The Bertz CT molecular complexity index is 631. The number of ether oxygens (including phenoxy) is 1. The Morgan fingerprint density at radius 2 is 2.24 bits per heavy atom. The fraction of sp³-hybridized carbons (Fsp3) is 0.500. The van der Waals surface area contributed by atoms with Crippen molar-refractivity contribution in [3.63, 3.8) is 0 Å². The van der Waals surface area contributed by atoms with E-state index in [1.165, 1.54) is 0 Å². The number of aromatic nitrogens is 2. The number of fused-ring (bicyclic) bond motifs is 1. The van der Waals surface area contributed by atoms with Crippen LogP contribution in [0.1, 0.15) is 18.7 Å². The zero-order valence-electron chi connectivity index (χ0n) is 12.3. The van der Waals surface area contributed by atoms with Crippen molar-refractivity contribution >= 4 is 16.9 Å². The van der Waals surface area contributed by atoms with Crippen molar-refractivity contribution in [3.05, 3.63) is 30.1 Å². The largest absolute Gasteiger partial charge is 0.383 e. The summed E-state index contributed by atoms with van der Waals surface area (Å²) in [7, 11) is 1.70. The van der Waals surface area contributed by atoms with E-state index in [2.05, 4.69) is 20.9 Å². The molecule has 1 heterocycles. The number of rotatable bonds is 7. The zero-order chi connectivity index (χ0) is 14.7. The van der Waals surface area contributed by atoms with Crippen molar-refractivity contribution in [3.8, 4) is 0 Å². The molecule has 0 spiro atoms. The number of carbonyl (C=O) groups excluding carboxylic acids is 1. The van der Waals surface area contributed by atoms with E-state index >= 15 is 0 Å². The molecule has 3 rings (SSSR count). The second kappa shape index (κ2) is 6.26. The molecule has 1 amide bonds. The highest BCUT2D eigenvalue weighted by Gasteiger charge is 2.29. The molecule has 5 nitrogen and oxygen atoms in total. The monoisotopic (exact) mass is 287 g/mol. The van der Waals surface area contributed by atoms with Gasteiger partial charge < -0.3 is 14.6 Å². The van der Waals surface area contributed by atoms with E-state index in [1.54, 1.807) is 7.11 Å². The van der Waals surface area contributed by atoms with Crippen LogP contribution in [0, 0.1) is 5.92 Å². The van der Waals surface area contributed by atoms with Crippen molar-refractivity contribution in [1.82, 2.24) is 14.9 Å². The van der Waals surface area contributed by atoms with Crippen molar-refractivity contribution in [1.29, 1.82) is 0 Å². The van der Waals surface area contributed by atoms with Crippen molar-refractivity contribution in [2.75, 3.05) is 20.3 Å². The van der Waals surface area contributed by atoms with Gasteiger partial charge in [-0.15, -0.1) is 0 Å². The summed E-state index contributed by atoms with van der Waals surface area (Å²) < 4.78 is 7.37. The molecule has 0 radical (unpaired) electrons. The van der Waals surface area contributed by atoms with Crippen molar-refractivity contribution in [2.24, 2.45) is 5.92 Å². The molecule has 1 aliphatic rings. The summed E-state index contributed by atoms with van der Waals surface area (Å²) in [5.74, 6) is 1.45. The lowest BCUT2D eigenvalue weighted by atomic mass is 10.3. The first-order chi connectivity index (χ1) is 10.3. The Morgan fingerprint density at radius 1 is 1.43 bits per heavy atom. The van der Waals surface area contributed by atoms with Gasteiger partial charge in [-0.25, -0.2) is 4.98 Å². The first-order valence-corrected chi connectivity index (χ1v) is 7.50. The molecule has 2 aromatic rings. The fourth-order valence-corrected chi connectivity index (χ4v) is 2.54. The first kappa shape index (κ1) is 14.1. The van der Waals surface area contributed by atoms with Gasteiger partial charge in [0.2, 0.25) is 5.91 Å². The minimum absolute atomic E-state index is 0.189. The third-order valence-electron chi connectivity index (χ3n) is 3.85. The molecule has 1 aliphatic carbocycles. The molecule has 1 aromatic heterocycles. The maximum Gasteiger partial charge on any atom is 0.223 e. The van der Waals surface area contributed by atoms with Crippen molar-refractivity contribution < 1.29 is 9.53 Å². The number of nitrogens with one attached hydrogen (secondary N) is 1. The van der Waals surface area contributed by atoms with E-state index in [0.29, 0.717) is 13.2 Å². The van der Waals surface area contributed by atoms with E-state index in [9.17, 15) is 4.79 Å². The van der Waals surface area contributed by atoms with Gasteiger partial charge in [0.15, 0.2) is 0 Å². The zero-order valence-corrected chi connectivity index (χ0v) is 12.3. The number of carbonyl (C=O) groups is 1. The van der Waals surface area contributed by atoms with Gasteiger partial charge in [0, 0.05) is 32.5 Å². The van der Waals surface area contributed by atoms with Crippen LogP contribution in [0.25, 0.3) is 11.0 Å². The number of nitrogens with zero attached hydrogens (tertiary/aromatic N) is 2. The first-order valence-electron chi connectivity index (χ1n) is 7.50. The lowest BCUT2D eigenvalue weighted by molar-refractivity contribution is -0.122. The highest BCUT2D eigenvalue weighted by atomic mass is 16.5. The van der Waals surface area contributed by atoms with E-state index in [4.69, 9.17) is 4.74 Å². The van der Waals surface area contributed by atoms with E-state index in [-0.39, 0.29) is 11.8 Å². The quantitative estimate of drug-likeness (QED) is 0.844. The summed E-state index contributed by atoms with van der Waals surface area (Å²) in [6.07, 6.45) is 2.83. The summed E-state index contributed by atoms with van der Waals surface area (Å²) in [4.78, 5) is 16.3. The number of imidazole rings is 1. The van der Waals surface area contributed by atoms with Gasteiger partial charge in [-0.3, -0.25) is 4.79 Å². The van der Waals surface area contributed by atoms with Gasteiger partial charge >= 0.3 is 0 Å².